The Balaban J connectivity index is 2.15. The van der Waals surface area contributed by atoms with Gasteiger partial charge in [0.2, 0.25) is 0 Å². The molecule has 0 amide bonds. The van der Waals surface area contributed by atoms with Gasteiger partial charge in [-0.3, -0.25) is 0 Å². The number of halogens is 1. The average molecular weight is 287 g/mol. The number of aromatic nitrogens is 1. The molecule has 1 unspecified atom stereocenters. The molecule has 0 radical (unpaired) electrons. The first-order valence-corrected chi connectivity index (χ1v) is 7.46. The van der Waals surface area contributed by atoms with Crippen LogP contribution in [0.4, 0.5) is 0 Å². The molecule has 5 heteroatoms. The topological polar surface area (TPSA) is 24.9 Å². The van der Waals surface area contributed by atoms with Gasteiger partial charge in [-0.1, -0.05) is 11.6 Å². The quantitative estimate of drug-likeness (QED) is 0.920. The molecule has 0 fully saturated rings. The van der Waals surface area contributed by atoms with Crippen molar-refractivity contribution in [2.75, 3.05) is 7.05 Å². The summed E-state index contributed by atoms with van der Waals surface area (Å²) in [4.78, 5) is 7.15. The van der Waals surface area contributed by atoms with E-state index < -0.39 is 0 Å². The molecule has 2 nitrogen and oxygen atoms in total. The van der Waals surface area contributed by atoms with Gasteiger partial charge in [0.05, 0.1) is 15.0 Å². The fourth-order valence-corrected chi connectivity index (χ4v) is 3.81. The minimum atomic E-state index is 0.303. The first-order chi connectivity index (χ1) is 8.10. The highest BCUT2D eigenvalue weighted by atomic mass is 35.5. The molecular formula is C12H15ClN2S2. The number of thiophene rings is 1. The number of rotatable bonds is 4. The fraction of sp³-hybridized carbons (Fsp3) is 0.417. The van der Waals surface area contributed by atoms with E-state index in [1.807, 2.05) is 13.1 Å². The first-order valence-electron chi connectivity index (χ1n) is 5.45. The summed E-state index contributed by atoms with van der Waals surface area (Å²) in [5.41, 5.74) is 1.14. The van der Waals surface area contributed by atoms with Gasteiger partial charge in [-0.05, 0) is 33.0 Å². The second-order valence-electron chi connectivity index (χ2n) is 3.94. The van der Waals surface area contributed by atoms with Crippen LogP contribution in [-0.2, 0) is 6.42 Å². The lowest BCUT2D eigenvalue weighted by Crippen LogP contribution is -2.17. The maximum absolute atomic E-state index is 5.97. The maximum Gasteiger partial charge on any atom is 0.0950 e. The summed E-state index contributed by atoms with van der Waals surface area (Å²) in [5, 5.41) is 4.51. The minimum Gasteiger partial charge on any atom is -0.312 e. The highest BCUT2D eigenvalue weighted by molar-refractivity contribution is 7.16. The zero-order valence-electron chi connectivity index (χ0n) is 10.1. The van der Waals surface area contributed by atoms with Crippen molar-refractivity contribution in [3.05, 3.63) is 36.9 Å². The number of hydrogen-bond donors (Lipinski definition) is 1. The summed E-state index contributed by atoms with van der Waals surface area (Å²) in [6, 6.07) is 4.34. The van der Waals surface area contributed by atoms with E-state index in [2.05, 4.69) is 30.2 Å². The molecule has 0 saturated carbocycles. The summed E-state index contributed by atoms with van der Waals surface area (Å²) >= 11 is 9.38. The third kappa shape index (κ3) is 3.07. The second kappa shape index (κ2) is 5.48. The van der Waals surface area contributed by atoms with Crippen molar-refractivity contribution in [1.82, 2.24) is 10.3 Å². The lowest BCUT2D eigenvalue weighted by molar-refractivity contribution is 0.600. The number of nitrogens with one attached hydrogen (secondary N) is 1. The largest absolute Gasteiger partial charge is 0.312 e. The monoisotopic (exact) mass is 286 g/mol. The molecule has 17 heavy (non-hydrogen) atoms. The molecule has 2 rings (SSSR count). The van der Waals surface area contributed by atoms with Crippen LogP contribution in [0.1, 0.15) is 26.5 Å². The second-order valence-corrected chi connectivity index (χ2v) is 6.97. The van der Waals surface area contributed by atoms with Crippen molar-refractivity contribution in [2.45, 2.75) is 26.3 Å². The Morgan fingerprint density at radius 1 is 1.35 bits per heavy atom. The highest BCUT2D eigenvalue weighted by Crippen LogP contribution is 2.30. The van der Waals surface area contributed by atoms with E-state index in [-0.39, 0.29) is 0 Å². The standard InChI is InChI=1S/C12H15ClN2S2/c1-7-8(2)16-12(15-7)6-9(14-3)10-4-5-11(13)17-10/h4-5,9,14H,6H2,1-3H3. The van der Waals surface area contributed by atoms with Crippen LogP contribution in [0.25, 0.3) is 0 Å². The van der Waals surface area contributed by atoms with Crippen LogP contribution in [0, 0.1) is 13.8 Å². The van der Waals surface area contributed by atoms with Gasteiger partial charge < -0.3 is 5.32 Å². The van der Waals surface area contributed by atoms with Crippen LogP contribution in [0.2, 0.25) is 4.34 Å². The number of nitrogens with zero attached hydrogens (tertiary/aromatic N) is 1. The summed E-state index contributed by atoms with van der Waals surface area (Å²) in [5.74, 6) is 0. The smallest absolute Gasteiger partial charge is 0.0950 e. The highest BCUT2D eigenvalue weighted by Gasteiger charge is 2.15. The molecule has 2 aromatic rings. The van der Waals surface area contributed by atoms with Crippen LogP contribution in [-0.4, -0.2) is 12.0 Å². The predicted octanol–water partition coefficient (Wildman–Crippen LogP) is 3.98. The van der Waals surface area contributed by atoms with Gasteiger partial charge in [-0.15, -0.1) is 22.7 Å². The van der Waals surface area contributed by atoms with Gasteiger partial charge >= 0.3 is 0 Å². The molecule has 0 bridgehead atoms. The van der Waals surface area contributed by atoms with E-state index in [9.17, 15) is 0 Å². The molecule has 0 aliphatic carbocycles. The molecule has 92 valence electrons. The Kier molecular flexibility index (Phi) is 4.20. The first kappa shape index (κ1) is 13.0. The Morgan fingerprint density at radius 2 is 2.12 bits per heavy atom. The Morgan fingerprint density at radius 3 is 2.59 bits per heavy atom. The Bertz CT molecular complexity index is 485. The molecule has 0 aliphatic heterocycles. The van der Waals surface area contributed by atoms with E-state index in [0.29, 0.717) is 6.04 Å². The van der Waals surface area contributed by atoms with Crippen LogP contribution in [0.5, 0.6) is 0 Å². The van der Waals surface area contributed by atoms with E-state index in [1.165, 1.54) is 14.8 Å². The van der Waals surface area contributed by atoms with Crippen molar-refractivity contribution in [3.8, 4) is 0 Å². The minimum absolute atomic E-state index is 0.303. The van der Waals surface area contributed by atoms with Gasteiger partial charge in [-0.25, -0.2) is 4.98 Å². The van der Waals surface area contributed by atoms with Gasteiger partial charge in [-0.2, -0.15) is 0 Å². The normalized spacial score (nSPS) is 12.9. The third-order valence-corrected chi connectivity index (χ3v) is 5.18. The van der Waals surface area contributed by atoms with Crippen molar-refractivity contribution in [2.24, 2.45) is 0 Å². The molecule has 2 aromatic heterocycles. The van der Waals surface area contributed by atoms with E-state index in [0.717, 1.165) is 16.5 Å². The molecule has 1 atom stereocenters. The summed E-state index contributed by atoms with van der Waals surface area (Å²) in [7, 11) is 1.98. The van der Waals surface area contributed by atoms with E-state index in [1.54, 1.807) is 22.7 Å². The van der Waals surface area contributed by atoms with Crippen molar-refractivity contribution < 1.29 is 0 Å². The number of aryl methyl sites for hydroxylation is 2. The lowest BCUT2D eigenvalue weighted by Gasteiger charge is -2.12. The maximum atomic E-state index is 5.97. The molecule has 0 saturated heterocycles. The number of likely N-dealkylation sites (N-methyl/N-ethyl adjacent to an activating group) is 1. The van der Waals surface area contributed by atoms with Gasteiger partial charge in [0.15, 0.2) is 0 Å². The number of thiazole rings is 1. The van der Waals surface area contributed by atoms with Crippen molar-refractivity contribution >= 4 is 34.3 Å². The summed E-state index contributed by atoms with van der Waals surface area (Å²) < 4.78 is 0.840. The molecule has 1 N–H and O–H groups in total. The summed E-state index contributed by atoms with van der Waals surface area (Å²) in [6.07, 6.45) is 0.923. The Labute approximate surface area is 115 Å². The SMILES string of the molecule is CNC(Cc1nc(C)c(C)s1)c1ccc(Cl)s1. The average Bonchev–Trinajstić information content (AvgIpc) is 2.83. The third-order valence-electron chi connectivity index (χ3n) is 2.74. The molecule has 2 heterocycles. The van der Waals surface area contributed by atoms with Crippen molar-refractivity contribution in [3.63, 3.8) is 0 Å². The van der Waals surface area contributed by atoms with Crippen molar-refractivity contribution in [1.29, 1.82) is 0 Å². The summed E-state index contributed by atoms with van der Waals surface area (Å²) in [6.45, 7) is 4.18. The van der Waals surface area contributed by atoms with E-state index >= 15 is 0 Å². The lowest BCUT2D eigenvalue weighted by atomic mass is 10.2. The zero-order chi connectivity index (χ0) is 12.4. The molecule has 0 spiro atoms. The van der Waals surface area contributed by atoms with Crippen LogP contribution in [0.15, 0.2) is 12.1 Å². The fourth-order valence-electron chi connectivity index (χ4n) is 1.66. The van der Waals surface area contributed by atoms with Crippen LogP contribution >= 0.6 is 34.3 Å². The number of hydrogen-bond acceptors (Lipinski definition) is 4. The zero-order valence-corrected chi connectivity index (χ0v) is 12.5. The predicted molar refractivity (Wildman–Crippen MR) is 76.4 cm³/mol. The molecular weight excluding hydrogens is 272 g/mol. The van der Waals surface area contributed by atoms with Crippen LogP contribution < -0.4 is 5.32 Å². The van der Waals surface area contributed by atoms with Gasteiger partial charge in [0.25, 0.3) is 0 Å². The van der Waals surface area contributed by atoms with Gasteiger partial charge in [0, 0.05) is 22.2 Å². The molecule has 0 aliphatic rings. The van der Waals surface area contributed by atoms with Crippen LogP contribution in [0.3, 0.4) is 0 Å². The van der Waals surface area contributed by atoms with Gasteiger partial charge in [0.1, 0.15) is 0 Å². The van der Waals surface area contributed by atoms with E-state index in [4.69, 9.17) is 11.6 Å². The molecule has 0 aromatic carbocycles. The Hall–Kier alpha value is -0.420.